The predicted octanol–water partition coefficient (Wildman–Crippen LogP) is 12.7. The zero-order valence-corrected chi connectivity index (χ0v) is 34.5. The summed E-state index contributed by atoms with van der Waals surface area (Å²) in [5, 5.41) is 0.247. The first-order chi connectivity index (χ1) is 19.6. The first-order valence-corrected chi connectivity index (χ1v) is 29.2. The molecular formula is C38H74O2SiSn. The Labute approximate surface area is 269 Å². The van der Waals surface area contributed by atoms with E-state index in [1.807, 2.05) is 0 Å². The van der Waals surface area contributed by atoms with Gasteiger partial charge in [0.15, 0.2) is 0 Å². The molecule has 0 unspecified atom stereocenters. The van der Waals surface area contributed by atoms with Crippen molar-refractivity contribution in [3.8, 4) is 0 Å². The van der Waals surface area contributed by atoms with Crippen LogP contribution in [0.4, 0.5) is 0 Å². The van der Waals surface area contributed by atoms with Crippen LogP contribution in [0.15, 0.2) is 23.3 Å². The fraction of sp³-hybridized carbons (Fsp3) is 0.895. The van der Waals surface area contributed by atoms with E-state index in [1.165, 1.54) is 82.6 Å². The Morgan fingerprint density at radius 2 is 1.55 bits per heavy atom. The van der Waals surface area contributed by atoms with Crippen LogP contribution in [0.1, 0.15) is 146 Å². The molecule has 0 spiro atoms. The van der Waals surface area contributed by atoms with Crippen molar-refractivity contribution < 1.29 is 9.16 Å². The van der Waals surface area contributed by atoms with Gasteiger partial charge in [0, 0.05) is 0 Å². The van der Waals surface area contributed by atoms with E-state index in [4.69, 9.17) is 9.16 Å². The number of rotatable bonds is 18. The molecule has 0 aromatic carbocycles. The summed E-state index contributed by atoms with van der Waals surface area (Å²) in [5.74, 6) is 0.680. The normalized spacial score (nSPS) is 27.0. The van der Waals surface area contributed by atoms with E-state index in [-0.39, 0.29) is 15.9 Å². The number of unbranched alkanes of at least 4 members (excludes halogenated alkanes) is 3. The van der Waals surface area contributed by atoms with Crippen LogP contribution < -0.4 is 0 Å². The molecule has 0 heterocycles. The van der Waals surface area contributed by atoms with Gasteiger partial charge in [-0.2, -0.15) is 0 Å². The number of ether oxygens (including phenoxy) is 1. The topological polar surface area (TPSA) is 18.5 Å². The Kier molecular flexibility index (Phi) is 15.5. The third-order valence-electron chi connectivity index (χ3n) is 11.9. The fourth-order valence-corrected chi connectivity index (χ4v) is 23.9. The summed E-state index contributed by atoms with van der Waals surface area (Å²) in [7, 11) is -1.85. The molecule has 0 radical (unpaired) electrons. The number of fused-ring (bicyclic) bond motifs is 1. The van der Waals surface area contributed by atoms with Crippen molar-refractivity contribution in [1.82, 2.24) is 0 Å². The minimum atomic E-state index is -2.25. The average molecular weight is 710 g/mol. The Morgan fingerprint density at radius 1 is 0.976 bits per heavy atom. The zero-order valence-electron chi connectivity index (χ0n) is 30.6. The molecule has 1 saturated carbocycles. The van der Waals surface area contributed by atoms with E-state index in [0.717, 1.165) is 11.2 Å². The van der Waals surface area contributed by atoms with Gasteiger partial charge in [-0.05, 0) is 13.8 Å². The van der Waals surface area contributed by atoms with Gasteiger partial charge in [0.25, 0.3) is 0 Å². The Hall–Kier alpha value is 0.416. The van der Waals surface area contributed by atoms with Crippen LogP contribution in [0.5, 0.6) is 0 Å². The molecule has 2 aliphatic rings. The molecule has 246 valence electrons. The first-order valence-electron chi connectivity index (χ1n) is 18.2. The van der Waals surface area contributed by atoms with Gasteiger partial charge in [-0.15, -0.1) is 0 Å². The third kappa shape index (κ3) is 10.5. The van der Waals surface area contributed by atoms with E-state index in [9.17, 15) is 0 Å². The molecule has 4 atom stereocenters. The van der Waals surface area contributed by atoms with E-state index in [1.54, 1.807) is 18.9 Å². The molecule has 0 amide bonds. The molecule has 4 heteroatoms. The van der Waals surface area contributed by atoms with Gasteiger partial charge < -0.3 is 0 Å². The average Bonchev–Trinajstić information content (AvgIpc) is 2.90. The molecule has 2 nitrogen and oxygen atoms in total. The molecule has 2 aliphatic carbocycles. The summed E-state index contributed by atoms with van der Waals surface area (Å²) >= 11 is -2.25. The van der Waals surface area contributed by atoms with Crippen molar-refractivity contribution in [2.24, 2.45) is 16.7 Å². The Bertz CT molecular complexity index is 845. The van der Waals surface area contributed by atoms with Crippen LogP contribution in [-0.4, -0.2) is 44.0 Å². The number of hydrogen-bond acceptors (Lipinski definition) is 2. The van der Waals surface area contributed by atoms with E-state index < -0.39 is 26.7 Å². The standard InChI is InChI=1S/C26H47O2Si.3C4H9.Sn/c1-20(2)12-11-16-26(7)22-14-13-21(19-27-8)18-25(22,6)17-15-23(26)28-29(9,10)24(3,4)5;3*1-3-4-2;/h12,18,22-23H,8,11,13-17,19H2,1-7,9-10H3;3*1,3-4H2,2H3;/t22-,23+,25-,26+;;;;/m1..../s1. The second kappa shape index (κ2) is 16.8. The van der Waals surface area contributed by atoms with Gasteiger partial charge >= 0.3 is 236 Å². The van der Waals surface area contributed by atoms with Gasteiger partial charge in [-0.25, -0.2) is 0 Å². The van der Waals surface area contributed by atoms with Crippen LogP contribution in [0.25, 0.3) is 0 Å². The second-order valence-corrected chi connectivity index (χ2v) is 35.4. The van der Waals surface area contributed by atoms with Crippen LogP contribution in [0.2, 0.25) is 31.4 Å². The van der Waals surface area contributed by atoms with E-state index >= 15 is 0 Å². The number of allylic oxidation sites excluding steroid dienone is 3. The van der Waals surface area contributed by atoms with E-state index in [2.05, 4.69) is 94.5 Å². The van der Waals surface area contributed by atoms with Gasteiger partial charge in [0.1, 0.15) is 0 Å². The Balaban J connectivity index is 2.25. The molecule has 0 aliphatic heterocycles. The quantitative estimate of drug-likeness (QED) is 0.104. The predicted molar refractivity (Wildman–Crippen MR) is 193 cm³/mol. The van der Waals surface area contributed by atoms with Gasteiger partial charge in [-0.3, -0.25) is 0 Å². The SMILES string of the molecule is CCC[CH2][Sn]([CH2]CCC)([CH2]CCC)[CH2]OCC1=C[C@@]2(C)CC[C@H](O[Si](C)(C)C(C)(C)C)[C@@](C)(CCC=C(C)C)[C@@H]2CC1. The minimum absolute atomic E-state index is 0.212. The number of hydrogen-bond donors (Lipinski definition) is 0. The second-order valence-electron chi connectivity index (χ2n) is 16.9. The zero-order chi connectivity index (χ0) is 31.7. The summed E-state index contributed by atoms with van der Waals surface area (Å²) in [5.41, 5.74) is 3.52. The monoisotopic (exact) mass is 710 g/mol. The molecule has 0 aromatic rings. The van der Waals surface area contributed by atoms with Crippen molar-refractivity contribution in [1.29, 1.82) is 0 Å². The molecule has 1 fully saturated rings. The van der Waals surface area contributed by atoms with Gasteiger partial charge in [0.2, 0.25) is 0 Å². The van der Waals surface area contributed by atoms with E-state index in [0.29, 0.717) is 12.0 Å². The molecule has 0 N–H and O–H groups in total. The maximum absolute atomic E-state index is 7.32. The molecule has 42 heavy (non-hydrogen) atoms. The van der Waals surface area contributed by atoms with Gasteiger partial charge in [0.05, 0.1) is 0 Å². The summed E-state index contributed by atoms with van der Waals surface area (Å²) in [6, 6.07) is 0. The molecule has 2 rings (SSSR count). The first kappa shape index (κ1) is 38.6. The van der Waals surface area contributed by atoms with Crippen molar-refractivity contribution in [3.63, 3.8) is 0 Å². The third-order valence-corrected chi connectivity index (χ3v) is 30.8. The maximum atomic E-state index is 7.32. The van der Waals surface area contributed by atoms with Crippen LogP contribution in [0.3, 0.4) is 0 Å². The summed E-state index contributed by atoms with van der Waals surface area (Å²) < 4.78 is 19.9. The summed E-state index contributed by atoms with van der Waals surface area (Å²) in [6.07, 6.45) is 21.2. The molecular weight excluding hydrogens is 635 g/mol. The molecule has 0 bridgehead atoms. The van der Waals surface area contributed by atoms with Crippen molar-refractivity contribution in [2.75, 3.05) is 11.2 Å². The van der Waals surface area contributed by atoms with Crippen molar-refractivity contribution >= 4 is 26.7 Å². The summed E-state index contributed by atoms with van der Waals surface area (Å²) in [4.78, 5) is 0. The Morgan fingerprint density at radius 3 is 2.05 bits per heavy atom. The van der Waals surface area contributed by atoms with Crippen LogP contribution in [-0.2, 0) is 9.16 Å². The molecule has 0 aromatic heterocycles. The van der Waals surface area contributed by atoms with Crippen LogP contribution >= 0.6 is 0 Å². The summed E-state index contributed by atoms with van der Waals surface area (Å²) in [6.45, 7) is 29.8. The fourth-order valence-electron chi connectivity index (χ4n) is 8.12. The van der Waals surface area contributed by atoms with Crippen molar-refractivity contribution in [2.45, 2.75) is 184 Å². The van der Waals surface area contributed by atoms with Gasteiger partial charge in [-0.1, -0.05) is 20.8 Å². The van der Waals surface area contributed by atoms with Crippen LogP contribution in [0, 0.1) is 16.7 Å². The molecule has 0 saturated heterocycles. The van der Waals surface area contributed by atoms with Crippen molar-refractivity contribution in [3.05, 3.63) is 23.3 Å².